The highest BCUT2D eigenvalue weighted by molar-refractivity contribution is 6.03. The van der Waals surface area contributed by atoms with Gasteiger partial charge in [-0.25, -0.2) is 14.1 Å². The topological polar surface area (TPSA) is 114 Å². The molecule has 0 aliphatic rings. The number of hydrogen-bond donors (Lipinski definition) is 2. The molecule has 0 saturated carbocycles. The van der Waals surface area contributed by atoms with Gasteiger partial charge in [-0.1, -0.05) is 11.8 Å². The molecule has 2 heterocycles. The fourth-order valence-corrected chi connectivity index (χ4v) is 2.71. The van der Waals surface area contributed by atoms with Gasteiger partial charge in [-0.15, -0.1) is 0 Å². The van der Waals surface area contributed by atoms with Gasteiger partial charge in [0.1, 0.15) is 5.82 Å². The van der Waals surface area contributed by atoms with Gasteiger partial charge in [-0.05, 0) is 30.3 Å². The number of aliphatic hydroxyl groups is 1. The number of primary amides is 1. The number of fused-ring (bicyclic) bond motifs is 1. The Hall–Kier alpha value is -3.77. The van der Waals surface area contributed by atoms with Crippen LogP contribution in [0.4, 0.5) is 4.39 Å². The minimum atomic E-state index is -0.719. The molecule has 8 nitrogen and oxygen atoms in total. The van der Waals surface area contributed by atoms with E-state index in [2.05, 4.69) is 21.9 Å². The lowest BCUT2D eigenvalue weighted by Gasteiger charge is -2.13. The number of hydrogen-bond acceptors (Lipinski definition) is 5. The molecular weight excluding hydrogens is 377 g/mol. The molecule has 2 aromatic heterocycles. The first kappa shape index (κ1) is 20.0. The maximum atomic E-state index is 14.2. The Bertz CT molecular complexity index is 1150. The van der Waals surface area contributed by atoms with E-state index in [1.807, 2.05) is 0 Å². The molecule has 0 fully saturated rings. The van der Waals surface area contributed by atoms with Crippen LogP contribution in [0.2, 0.25) is 0 Å². The Morgan fingerprint density at radius 2 is 2.14 bits per heavy atom. The van der Waals surface area contributed by atoms with Crippen LogP contribution in [0.5, 0.6) is 0 Å². The molecule has 0 spiro atoms. The summed E-state index contributed by atoms with van der Waals surface area (Å²) in [6.07, 6.45) is 1.46. The zero-order valence-corrected chi connectivity index (χ0v) is 15.6. The molecule has 1 aromatic carbocycles. The van der Waals surface area contributed by atoms with Gasteiger partial charge in [0.25, 0.3) is 5.91 Å². The molecule has 0 atom stereocenters. The predicted molar refractivity (Wildman–Crippen MR) is 104 cm³/mol. The molecule has 29 heavy (non-hydrogen) atoms. The highest BCUT2D eigenvalue weighted by Crippen LogP contribution is 2.21. The maximum absolute atomic E-state index is 14.2. The van der Waals surface area contributed by atoms with Crippen LogP contribution in [-0.2, 0) is 4.79 Å². The number of pyridine rings is 1. The quantitative estimate of drug-likeness (QED) is 0.622. The second-order valence-electron chi connectivity index (χ2n) is 6.21. The molecule has 148 valence electrons. The van der Waals surface area contributed by atoms with E-state index in [1.54, 1.807) is 25.2 Å². The van der Waals surface area contributed by atoms with Gasteiger partial charge >= 0.3 is 0 Å². The van der Waals surface area contributed by atoms with Gasteiger partial charge in [-0.2, -0.15) is 5.10 Å². The number of nitrogens with zero attached hydrogens (tertiary/aromatic N) is 4. The van der Waals surface area contributed by atoms with E-state index in [0.717, 1.165) is 0 Å². The summed E-state index contributed by atoms with van der Waals surface area (Å²) in [5, 5.41) is 13.5. The summed E-state index contributed by atoms with van der Waals surface area (Å²) in [5.41, 5.74) is 6.41. The maximum Gasteiger partial charge on any atom is 0.269 e. The highest BCUT2D eigenvalue weighted by Gasteiger charge is 2.17. The second kappa shape index (κ2) is 8.50. The van der Waals surface area contributed by atoms with E-state index >= 15 is 0 Å². The molecule has 0 saturated heterocycles. The normalized spacial score (nSPS) is 10.4. The third-order valence-corrected chi connectivity index (χ3v) is 4.14. The molecule has 9 heteroatoms. The van der Waals surface area contributed by atoms with Crippen LogP contribution < -0.4 is 5.73 Å². The summed E-state index contributed by atoms with van der Waals surface area (Å²) in [7, 11) is 1.56. The van der Waals surface area contributed by atoms with Crippen LogP contribution in [0, 0.1) is 17.7 Å². The highest BCUT2D eigenvalue weighted by atomic mass is 19.1. The molecule has 0 bridgehead atoms. The number of nitrogens with two attached hydrogens (primary N) is 1. The van der Waals surface area contributed by atoms with E-state index in [9.17, 15) is 14.0 Å². The first-order chi connectivity index (χ1) is 13.9. The first-order valence-electron chi connectivity index (χ1n) is 8.69. The molecule has 3 aromatic rings. The number of carbonyl (C=O) groups is 2. The number of aromatic nitrogens is 3. The SMILES string of the molecule is CN(CCO)C(=O)CC#Cc1cc(F)cc(-n2nc(C(N)=O)c3cccnc32)c1. The van der Waals surface area contributed by atoms with Crippen molar-refractivity contribution in [3.63, 3.8) is 0 Å². The van der Waals surface area contributed by atoms with E-state index < -0.39 is 11.7 Å². The largest absolute Gasteiger partial charge is 0.395 e. The van der Waals surface area contributed by atoms with Crippen molar-refractivity contribution < 1.29 is 19.1 Å². The number of likely N-dealkylation sites (N-methyl/N-ethyl adjacent to an activating group) is 1. The number of amides is 2. The Morgan fingerprint density at radius 1 is 1.34 bits per heavy atom. The van der Waals surface area contributed by atoms with Gasteiger partial charge < -0.3 is 15.7 Å². The molecule has 0 aliphatic heterocycles. The van der Waals surface area contributed by atoms with Crippen molar-refractivity contribution in [1.29, 1.82) is 0 Å². The first-order valence-corrected chi connectivity index (χ1v) is 8.69. The summed E-state index contributed by atoms with van der Waals surface area (Å²) in [5.74, 6) is 3.91. The molecule has 3 rings (SSSR count). The minimum absolute atomic E-state index is 0.0301. The smallest absolute Gasteiger partial charge is 0.269 e. The average Bonchev–Trinajstić information content (AvgIpc) is 3.08. The number of benzene rings is 1. The van der Waals surface area contributed by atoms with E-state index in [0.29, 0.717) is 22.3 Å². The lowest BCUT2D eigenvalue weighted by atomic mass is 10.2. The lowest BCUT2D eigenvalue weighted by molar-refractivity contribution is -0.129. The van der Waals surface area contributed by atoms with Crippen molar-refractivity contribution in [2.45, 2.75) is 6.42 Å². The number of aliphatic hydroxyl groups excluding tert-OH is 1. The molecule has 0 unspecified atom stereocenters. The van der Waals surface area contributed by atoms with Crippen molar-refractivity contribution in [2.75, 3.05) is 20.2 Å². The van der Waals surface area contributed by atoms with Crippen LogP contribution in [0.25, 0.3) is 16.7 Å². The van der Waals surface area contributed by atoms with Gasteiger partial charge in [0.15, 0.2) is 11.3 Å². The average molecular weight is 395 g/mol. The monoisotopic (exact) mass is 395 g/mol. The van der Waals surface area contributed by atoms with Crippen LogP contribution in [0.3, 0.4) is 0 Å². The zero-order valence-electron chi connectivity index (χ0n) is 15.6. The van der Waals surface area contributed by atoms with E-state index in [-0.39, 0.29) is 31.2 Å². The van der Waals surface area contributed by atoms with Crippen molar-refractivity contribution in [2.24, 2.45) is 5.73 Å². The molecule has 3 N–H and O–H groups in total. The van der Waals surface area contributed by atoms with Gasteiger partial charge in [-0.3, -0.25) is 9.59 Å². The Labute approximate surface area is 165 Å². The summed E-state index contributed by atoms with van der Waals surface area (Å²) in [4.78, 5) is 29.1. The molecule has 0 aliphatic carbocycles. The molecule has 0 radical (unpaired) electrons. The number of carbonyl (C=O) groups excluding carboxylic acids is 2. The van der Waals surface area contributed by atoms with E-state index in [1.165, 1.54) is 27.9 Å². The predicted octanol–water partition coefficient (Wildman–Crippen LogP) is 0.851. The van der Waals surface area contributed by atoms with Crippen LogP contribution in [0.1, 0.15) is 22.5 Å². The summed E-state index contributed by atoms with van der Waals surface area (Å²) < 4.78 is 15.5. The summed E-state index contributed by atoms with van der Waals surface area (Å²) in [6.45, 7) is 0.0777. The Morgan fingerprint density at radius 3 is 2.86 bits per heavy atom. The van der Waals surface area contributed by atoms with Crippen molar-refractivity contribution in [3.05, 3.63) is 53.6 Å². The van der Waals surface area contributed by atoms with Crippen molar-refractivity contribution in [3.8, 4) is 17.5 Å². The van der Waals surface area contributed by atoms with Gasteiger partial charge in [0, 0.05) is 25.4 Å². The van der Waals surface area contributed by atoms with Crippen LogP contribution in [-0.4, -0.2) is 56.8 Å². The minimum Gasteiger partial charge on any atom is -0.395 e. The molecule has 2 amide bonds. The Balaban J connectivity index is 1.95. The second-order valence-corrected chi connectivity index (χ2v) is 6.21. The lowest BCUT2D eigenvalue weighted by Crippen LogP contribution is -2.28. The van der Waals surface area contributed by atoms with Gasteiger partial charge in [0.05, 0.1) is 24.1 Å². The zero-order chi connectivity index (χ0) is 21.0. The fourth-order valence-electron chi connectivity index (χ4n) is 2.71. The van der Waals surface area contributed by atoms with E-state index in [4.69, 9.17) is 10.8 Å². The third-order valence-electron chi connectivity index (χ3n) is 4.14. The molecular formula is C20H18FN5O3. The fraction of sp³-hybridized carbons (Fsp3) is 0.200. The van der Waals surface area contributed by atoms with Gasteiger partial charge in [0.2, 0.25) is 5.91 Å². The number of rotatable bonds is 5. The summed E-state index contributed by atoms with van der Waals surface area (Å²) in [6, 6.07) is 7.34. The third kappa shape index (κ3) is 4.39. The van der Waals surface area contributed by atoms with Crippen LogP contribution in [0.15, 0.2) is 36.5 Å². The standard InChI is InChI=1S/C20H18FN5O3/c1-25(8-9-27)17(28)6-2-4-13-10-14(21)12-15(11-13)26-20-16(5-3-7-23-20)18(24-26)19(22)29/h3,5,7,10-12,27H,6,8-9H2,1H3,(H2,22,29). The summed E-state index contributed by atoms with van der Waals surface area (Å²) >= 11 is 0. The number of halogens is 1. The Kier molecular flexibility index (Phi) is 5.85. The van der Waals surface area contributed by atoms with Crippen LogP contribution >= 0.6 is 0 Å². The van der Waals surface area contributed by atoms with Crippen molar-refractivity contribution in [1.82, 2.24) is 19.7 Å². The van der Waals surface area contributed by atoms with Crippen molar-refractivity contribution >= 4 is 22.8 Å².